The van der Waals surface area contributed by atoms with Gasteiger partial charge < -0.3 is 4.98 Å². The molecule has 0 saturated heterocycles. The Hall–Kier alpha value is -1.20. The summed E-state index contributed by atoms with van der Waals surface area (Å²) >= 11 is 8.98. The highest BCUT2D eigenvalue weighted by Crippen LogP contribution is 2.41. The summed E-state index contributed by atoms with van der Waals surface area (Å²) in [5.41, 5.74) is 0.600. The summed E-state index contributed by atoms with van der Waals surface area (Å²) < 4.78 is 14.4. The number of halogens is 3. The van der Waals surface area contributed by atoms with E-state index >= 15 is 0 Å². The number of benzene rings is 1. The maximum absolute atomic E-state index is 14.0. The van der Waals surface area contributed by atoms with Crippen LogP contribution in [0.15, 0.2) is 27.5 Å². The van der Waals surface area contributed by atoms with E-state index in [0.717, 1.165) is 12.8 Å². The zero-order valence-corrected chi connectivity index (χ0v) is 12.1. The van der Waals surface area contributed by atoms with Crippen molar-refractivity contribution in [3.05, 3.63) is 49.6 Å². The van der Waals surface area contributed by atoms with Crippen molar-refractivity contribution in [2.24, 2.45) is 0 Å². The van der Waals surface area contributed by atoms with E-state index in [1.165, 1.54) is 6.07 Å². The molecule has 1 aromatic carbocycles. The number of nitrogens with zero attached hydrogens (tertiary/aromatic N) is 1. The summed E-state index contributed by atoms with van der Waals surface area (Å²) in [6, 6.07) is 4.63. The molecule has 3 nitrogen and oxygen atoms in total. The lowest BCUT2D eigenvalue weighted by atomic mass is 10.2. The van der Waals surface area contributed by atoms with Crippen LogP contribution in [0.25, 0.3) is 11.4 Å². The summed E-state index contributed by atoms with van der Waals surface area (Å²) in [7, 11) is 0. The number of hydrogen-bond acceptors (Lipinski definition) is 2. The monoisotopic (exact) mass is 342 g/mol. The molecule has 0 bridgehead atoms. The topological polar surface area (TPSA) is 45.8 Å². The van der Waals surface area contributed by atoms with Crippen LogP contribution in [0.3, 0.4) is 0 Å². The molecule has 0 spiro atoms. The molecule has 0 radical (unpaired) electrons. The molecular formula is C13H9BrClFN2O. The van der Waals surface area contributed by atoms with Gasteiger partial charge in [-0.15, -0.1) is 0 Å². The third-order valence-corrected chi connectivity index (χ3v) is 4.12. The average Bonchev–Trinajstić information content (AvgIpc) is 3.20. The Labute approximate surface area is 122 Å². The molecule has 1 heterocycles. The molecule has 1 N–H and O–H groups in total. The van der Waals surface area contributed by atoms with Crippen molar-refractivity contribution in [3.8, 4) is 11.4 Å². The van der Waals surface area contributed by atoms with Crippen LogP contribution < -0.4 is 5.56 Å². The van der Waals surface area contributed by atoms with Crippen LogP contribution in [0.5, 0.6) is 0 Å². The van der Waals surface area contributed by atoms with Crippen molar-refractivity contribution in [3.63, 3.8) is 0 Å². The van der Waals surface area contributed by atoms with Gasteiger partial charge in [-0.05, 0) is 40.9 Å². The van der Waals surface area contributed by atoms with Crippen molar-refractivity contribution < 1.29 is 4.39 Å². The Morgan fingerprint density at radius 1 is 1.42 bits per heavy atom. The van der Waals surface area contributed by atoms with E-state index in [1.807, 2.05) is 0 Å². The Morgan fingerprint density at radius 2 is 2.16 bits per heavy atom. The van der Waals surface area contributed by atoms with Crippen LogP contribution in [-0.2, 0) is 0 Å². The first-order valence-corrected chi connectivity index (χ1v) is 6.99. The normalized spacial score (nSPS) is 14.7. The minimum absolute atomic E-state index is 0.0102. The average molecular weight is 344 g/mol. The molecule has 19 heavy (non-hydrogen) atoms. The fraction of sp³-hybridized carbons (Fsp3) is 0.231. The van der Waals surface area contributed by atoms with Gasteiger partial charge in [0.15, 0.2) is 5.82 Å². The number of H-pyrrole nitrogens is 1. The molecule has 0 atom stereocenters. The number of rotatable bonds is 2. The van der Waals surface area contributed by atoms with Gasteiger partial charge in [-0.3, -0.25) is 4.79 Å². The summed E-state index contributed by atoms with van der Waals surface area (Å²) in [5.74, 6) is -0.0656. The molecule has 0 aliphatic heterocycles. The Morgan fingerprint density at radius 3 is 2.84 bits per heavy atom. The van der Waals surface area contributed by atoms with E-state index in [1.54, 1.807) is 12.1 Å². The van der Waals surface area contributed by atoms with E-state index in [2.05, 4.69) is 25.9 Å². The van der Waals surface area contributed by atoms with Crippen molar-refractivity contribution in [2.45, 2.75) is 18.8 Å². The van der Waals surface area contributed by atoms with E-state index in [9.17, 15) is 9.18 Å². The SMILES string of the molecule is O=c1[nH]c(-c2cccc(Cl)c2F)nc(C2CC2)c1Br. The first kappa shape index (κ1) is 12.8. The molecule has 3 rings (SSSR count). The van der Waals surface area contributed by atoms with Gasteiger partial charge in [-0.1, -0.05) is 17.7 Å². The van der Waals surface area contributed by atoms with E-state index in [4.69, 9.17) is 11.6 Å². The highest BCUT2D eigenvalue weighted by Gasteiger charge is 2.29. The minimum atomic E-state index is -0.573. The fourth-order valence-corrected chi connectivity index (χ4v) is 2.60. The summed E-state index contributed by atoms with van der Waals surface area (Å²) in [4.78, 5) is 18.8. The van der Waals surface area contributed by atoms with E-state index < -0.39 is 5.82 Å². The van der Waals surface area contributed by atoms with Gasteiger partial charge in [0.2, 0.25) is 0 Å². The quantitative estimate of drug-likeness (QED) is 0.899. The van der Waals surface area contributed by atoms with Crippen LogP contribution in [0, 0.1) is 5.82 Å². The smallest absolute Gasteiger partial charge is 0.265 e. The van der Waals surface area contributed by atoms with Crippen molar-refractivity contribution >= 4 is 27.5 Å². The molecule has 2 aromatic rings. The second kappa shape index (κ2) is 4.72. The zero-order chi connectivity index (χ0) is 13.6. The predicted molar refractivity (Wildman–Crippen MR) is 74.9 cm³/mol. The van der Waals surface area contributed by atoms with Gasteiger partial charge >= 0.3 is 0 Å². The van der Waals surface area contributed by atoms with Gasteiger partial charge in [0, 0.05) is 5.92 Å². The van der Waals surface area contributed by atoms with Gasteiger partial charge in [0.25, 0.3) is 5.56 Å². The Balaban J connectivity index is 2.20. The van der Waals surface area contributed by atoms with Crippen molar-refractivity contribution in [1.82, 2.24) is 9.97 Å². The molecular weight excluding hydrogens is 335 g/mol. The van der Waals surface area contributed by atoms with E-state index in [-0.39, 0.29) is 27.9 Å². The van der Waals surface area contributed by atoms with Gasteiger partial charge in [0.05, 0.1) is 16.3 Å². The standard InChI is InChI=1S/C13H9BrClFN2O/c14-9-11(6-4-5-6)17-12(18-13(9)19)7-2-1-3-8(15)10(7)16/h1-3,6H,4-5H2,(H,17,18,19). The highest BCUT2D eigenvalue weighted by molar-refractivity contribution is 9.10. The molecule has 1 fully saturated rings. The lowest BCUT2D eigenvalue weighted by molar-refractivity contribution is 0.630. The molecule has 6 heteroatoms. The zero-order valence-electron chi connectivity index (χ0n) is 9.71. The third-order valence-electron chi connectivity index (χ3n) is 3.06. The Kier molecular flexibility index (Phi) is 3.19. The Bertz CT molecular complexity index is 712. The number of nitrogens with one attached hydrogen (secondary N) is 1. The van der Waals surface area contributed by atoms with Crippen LogP contribution in [0.1, 0.15) is 24.5 Å². The van der Waals surface area contributed by atoms with Gasteiger partial charge in [-0.2, -0.15) is 0 Å². The maximum Gasteiger partial charge on any atom is 0.265 e. The van der Waals surface area contributed by atoms with Crippen LogP contribution in [0.2, 0.25) is 5.02 Å². The molecule has 1 saturated carbocycles. The first-order chi connectivity index (χ1) is 9.08. The summed E-state index contributed by atoms with van der Waals surface area (Å²) in [5, 5.41) is 0.0102. The lowest BCUT2D eigenvalue weighted by Crippen LogP contribution is -2.13. The third kappa shape index (κ3) is 2.32. The molecule has 0 amide bonds. The molecule has 1 aliphatic carbocycles. The largest absolute Gasteiger partial charge is 0.305 e. The lowest BCUT2D eigenvalue weighted by Gasteiger charge is -2.07. The highest BCUT2D eigenvalue weighted by atomic mass is 79.9. The number of hydrogen-bond donors (Lipinski definition) is 1. The second-order valence-electron chi connectivity index (χ2n) is 4.49. The molecule has 1 aliphatic rings. The van der Waals surface area contributed by atoms with Crippen molar-refractivity contribution in [2.75, 3.05) is 0 Å². The van der Waals surface area contributed by atoms with E-state index in [0.29, 0.717) is 10.2 Å². The summed E-state index contributed by atoms with van der Waals surface area (Å²) in [6.45, 7) is 0. The number of aromatic amines is 1. The predicted octanol–water partition coefficient (Wildman–Crippen LogP) is 3.87. The van der Waals surface area contributed by atoms with Crippen LogP contribution >= 0.6 is 27.5 Å². The van der Waals surface area contributed by atoms with Crippen LogP contribution in [0.4, 0.5) is 4.39 Å². The number of aromatic nitrogens is 2. The molecule has 1 aromatic heterocycles. The van der Waals surface area contributed by atoms with Crippen molar-refractivity contribution in [1.29, 1.82) is 0 Å². The van der Waals surface area contributed by atoms with Gasteiger partial charge in [-0.25, -0.2) is 9.37 Å². The molecule has 0 unspecified atom stereocenters. The fourth-order valence-electron chi connectivity index (χ4n) is 1.92. The maximum atomic E-state index is 14.0. The first-order valence-electron chi connectivity index (χ1n) is 5.82. The van der Waals surface area contributed by atoms with Gasteiger partial charge in [0.1, 0.15) is 10.3 Å². The summed E-state index contributed by atoms with van der Waals surface area (Å²) in [6.07, 6.45) is 2.01. The second-order valence-corrected chi connectivity index (χ2v) is 5.69. The molecule has 98 valence electrons. The van der Waals surface area contributed by atoms with Crippen LogP contribution in [-0.4, -0.2) is 9.97 Å². The minimum Gasteiger partial charge on any atom is -0.305 e.